The van der Waals surface area contributed by atoms with Gasteiger partial charge in [0.05, 0.1) is 0 Å². The van der Waals surface area contributed by atoms with Gasteiger partial charge in [-0.25, -0.2) is 0 Å². The molecule has 2 atom stereocenters. The average molecular weight is 290 g/mol. The van der Waals surface area contributed by atoms with Gasteiger partial charge in [-0.05, 0) is 42.9 Å². The van der Waals surface area contributed by atoms with Crippen LogP contribution >= 0.6 is 0 Å². The SMILES string of the molecule is CN(C)c1cccc(C(=O)NCC2CCCCC2CO)c1. The van der Waals surface area contributed by atoms with Gasteiger partial charge >= 0.3 is 0 Å². The highest BCUT2D eigenvalue weighted by Gasteiger charge is 2.24. The van der Waals surface area contributed by atoms with E-state index in [1.165, 1.54) is 12.8 Å². The Hall–Kier alpha value is -1.55. The lowest BCUT2D eigenvalue weighted by atomic mass is 9.79. The zero-order valence-corrected chi connectivity index (χ0v) is 13.0. The van der Waals surface area contributed by atoms with Crippen molar-refractivity contribution in [2.45, 2.75) is 25.7 Å². The minimum atomic E-state index is -0.0269. The van der Waals surface area contributed by atoms with E-state index in [2.05, 4.69) is 5.32 Å². The van der Waals surface area contributed by atoms with Crippen molar-refractivity contribution in [3.05, 3.63) is 29.8 Å². The zero-order chi connectivity index (χ0) is 15.2. The van der Waals surface area contributed by atoms with E-state index in [9.17, 15) is 9.90 Å². The van der Waals surface area contributed by atoms with Crippen LogP contribution in [0.3, 0.4) is 0 Å². The monoisotopic (exact) mass is 290 g/mol. The Morgan fingerprint density at radius 3 is 2.67 bits per heavy atom. The van der Waals surface area contributed by atoms with E-state index < -0.39 is 0 Å². The van der Waals surface area contributed by atoms with Gasteiger partial charge in [0, 0.05) is 38.5 Å². The number of carbonyl (C=O) groups is 1. The summed E-state index contributed by atoms with van der Waals surface area (Å²) in [5.41, 5.74) is 1.71. The molecule has 1 aliphatic carbocycles. The van der Waals surface area contributed by atoms with Gasteiger partial charge in [-0.2, -0.15) is 0 Å². The topological polar surface area (TPSA) is 52.6 Å². The molecule has 0 aliphatic heterocycles. The van der Waals surface area contributed by atoms with Crippen molar-refractivity contribution < 1.29 is 9.90 Å². The highest BCUT2D eigenvalue weighted by molar-refractivity contribution is 5.95. The first kappa shape index (κ1) is 15.8. The maximum Gasteiger partial charge on any atom is 0.251 e. The van der Waals surface area contributed by atoms with Gasteiger partial charge in [0.1, 0.15) is 0 Å². The normalized spacial score (nSPS) is 21.9. The molecule has 2 N–H and O–H groups in total. The minimum Gasteiger partial charge on any atom is -0.396 e. The lowest BCUT2D eigenvalue weighted by Gasteiger charge is -2.30. The van der Waals surface area contributed by atoms with Crippen LogP contribution in [0.4, 0.5) is 5.69 Å². The third kappa shape index (κ3) is 4.21. The quantitative estimate of drug-likeness (QED) is 0.875. The van der Waals surface area contributed by atoms with Crippen molar-refractivity contribution in [2.24, 2.45) is 11.8 Å². The van der Waals surface area contributed by atoms with Crippen molar-refractivity contribution in [3.63, 3.8) is 0 Å². The second-order valence-corrected chi connectivity index (χ2v) is 6.14. The number of rotatable bonds is 5. The second kappa shape index (κ2) is 7.46. The number of benzene rings is 1. The lowest BCUT2D eigenvalue weighted by molar-refractivity contribution is 0.0909. The fraction of sp³-hybridized carbons (Fsp3) is 0.588. The predicted octanol–water partition coefficient (Wildman–Crippen LogP) is 2.28. The Bertz CT molecular complexity index is 474. The molecule has 1 aromatic carbocycles. The third-order valence-corrected chi connectivity index (χ3v) is 4.45. The number of hydrogen-bond acceptors (Lipinski definition) is 3. The largest absolute Gasteiger partial charge is 0.396 e. The summed E-state index contributed by atoms with van der Waals surface area (Å²) in [5, 5.41) is 12.5. The van der Waals surface area contributed by atoms with Crippen LogP contribution in [0.25, 0.3) is 0 Å². The maximum atomic E-state index is 12.3. The van der Waals surface area contributed by atoms with Crippen LogP contribution in [-0.2, 0) is 0 Å². The van der Waals surface area contributed by atoms with Crippen LogP contribution < -0.4 is 10.2 Å². The van der Waals surface area contributed by atoms with E-state index in [0.29, 0.717) is 23.9 Å². The van der Waals surface area contributed by atoms with Crippen LogP contribution in [0.15, 0.2) is 24.3 Å². The fourth-order valence-corrected chi connectivity index (χ4v) is 3.04. The number of aliphatic hydroxyl groups excluding tert-OH is 1. The van der Waals surface area contributed by atoms with Crippen molar-refractivity contribution in [2.75, 3.05) is 32.1 Å². The first-order valence-corrected chi connectivity index (χ1v) is 7.78. The van der Waals surface area contributed by atoms with Gasteiger partial charge in [0.2, 0.25) is 0 Å². The van der Waals surface area contributed by atoms with Crippen LogP contribution in [0.5, 0.6) is 0 Å². The molecule has 1 saturated carbocycles. The average Bonchev–Trinajstić information content (AvgIpc) is 2.52. The molecule has 4 heteroatoms. The summed E-state index contributed by atoms with van der Waals surface area (Å²) in [4.78, 5) is 14.3. The molecule has 0 saturated heterocycles. The smallest absolute Gasteiger partial charge is 0.251 e. The van der Waals surface area contributed by atoms with Crippen LogP contribution in [0.1, 0.15) is 36.0 Å². The molecular weight excluding hydrogens is 264 g/mol. The molecule has 0 spiro atoms. The molecule has 1 aromatic rings. The van der Waals surface area contributed by atoms with E-state index in [-0.39, 0.29) is 12.5 Å². The van der Waals surface area contributed by atoms with Crippen LogP contribution in [0, 0.1) is 11.8 Å². The number of hydrogen-bond donors (Lipinski definition) is 2. The standard InChI is InChI=1S/C17H26N2O2/c1-19(2)16-9-5-8-13(10-16)17(21)18-11-14-6-3-4-7-15(14)12-20/h5,8-10,14-15,20H,3-4,6-7,11-12H2,1-2H3,(H,18,21). The summed E-state index contributed by atoms with van der Waals surface area (Å²) in [5.74, 6) is 0.720. The molecule has 116 valence electrons. The van der Waals surface area contributed by atoms with Gasteiger partial charge in [-0.3, -0.25) is 4.79 Å². The number of amides is 1. The van der Waals surface area contributed by atoms with Gasteiger partial charge < -0.3 is 15.3 Å². The maximum absolute atomic E-state index is 12.3. The fourth-order valence-electron chi connectivity index (χ4n) is 3.04. The number of nitrogens with zero attached hydrogens (tertiary/aromatic N) is 1. The Morgan fingerprint density at radius 2 is 2.00 bits per heavy atom. The number of aliphatic hydroxyl groups is 1. The first-order chi connectivity index (χ1) is 10.1. The summed E-state index contributed by atoms with van der Waals surface area (Å²) in [6, 6.07) is 7.63. The zero-order valence-electron chi connectivity index (χ0n) is 13.0. The van der Waals surface area contributed by atoms with Crippen molar-refractivity contribution >= 4 is 11.6 Å². The molecule has 0 aromatic heterocycles. The van der Waals surface area contributed by atoms with E-state index in [1.807, 2.05) is 43.3 Å². The second-order valence-electron chi connectivity index (χ2n) is 6.14. The Balaban J connectivity index is 1.93. The molecule has 2 rings (SSSR count). The van der Waals surface area contributed by atoms with E-state index in [4.69, 9.17) is 0 Å². The van der Waals surface area contributed by atoms with Crippen molar-refractivity contribution in [3.8, 4) is 0 Å². The molecule has 0 bridgehead atoms. The molecule has 0 heterocycles. The molecule has 1 aliphatic rings. The van der Waals surface area contributed by atoms with Gasteiger partial charge in [0.25, 0.3) is 5.91 Å². The van der Waals surface area contributed by atoms with Crippen LogP contribution in [0.2, 0.25) is 0 Å². The first-order valence-electron chi connectivity index (χ1n) is 7.78. The molecular formula is C17H26N2O2. The predicted molar refractivity (Wildman–Crippen MR) is 85.6 cm³/mol. The summed E-state index contributed by atoms with van der Waals surface area (Å²) < 4.78 is 0. The van der Waals surface area contributed by atoms with Crippen molar-refractivity contribution in [1.29, 1.82) is 0 Å². The molecule has 1 amide bonds. The number of nitrogens with one attached hydrogen (secondary N) is 1. The highest BCUT2D eigenvalue weighted by Crippen LogP contribution is 2.29. The summed E-state index contributed by atoms with van der Waals surface area (Å²) >= 11 is 0. The van der Waals surface area contributed by atoms with Gasteiger partial charge in [-0.1, -0.05) is 18.9 Å². The molecule has 2 unspecified atom stereocenters. The van der Waals surface area contributed by atoms with E-state index in [0.717, 1.165) is 18.5 Å². The minimum absolute atomic E-state index is 0.0269. The number of carbonyl (C=O) groups excluding carboxylic acids is 1. The molecule has 1 fully saturated rings. The van der Waals surface area contributed by atoms with E-state index in [1.54, 1.807) is 0 Å². The summed E-state index contributed by atoms with van der Waals surface area (Å²) in [7, 11) is 3.93. The molecule has 4 nitrogen and oxygen atoms in total. The van der Waals surface area contributed by atoms with E-state index >= 15 is 0 Å². The lowest BCUT2D eigenvalue weighted by Crippen LogP contribution is -2.35. The summed E-state index contributed by atoms with van der Waals surface area (Å²) in [6.07, 6.45) is 4.57. The third-order valence-electron chi connectivity index (χ3n) is 4.45. The van der Waals surface area contributed by atoms with Gasteiger partial charge in [-0.15, -0.1) is 0 Å². The van der Waals surface area contributed by atoms with Crippen molar-refractivity contribution in [1.82, 2.24) is 5.32 Å². The molecule has 0 radical (unpaired) electrons. The highest BCUT2D eigenvalue weighted by atomic mass is 16.3. The van der Waals surface area contributed by atoms with Gasteiger partial charge in [0.15, 0.2) is 0 Å². The van der Waals surface area contributed by atoms with Crippen LogP contribution in [-0.4, -0.2) is 38.3 Å². The Kier molecular flexibility index (Phi) is 5.62. The number of anilines is 1. The summed E-state index contributed by atoms with van der Waals surface area (Å²) in [6.45, 7) is 0.896. The molecule has 21 heavy (non-hydrogen) atoms. The Labute approximate surface area is 127 Å². The Morgan fingerprint density at radius 1 is 1.29 bits per heavy atom.